The second kappa shape index (κ2) is 12.6. The van der Waals surface area contributed by atoms with Gasteiger partial charge >= 0.3 is 18.2 Å². The Balaban J connectivity index is 1.73. The summed E-state index contributed by atoms with van der Waals surface area (Å²) in [7, 11) is -1.17. The van der Waals surface area contributed by atoms with Crippen LogP contribution in [-0.4, -0.2) is 60.8 Å². The van der Waals surface area contributed by atoms with E-state index in [1.54, 1.807) is 32.9 Å². The monoisotopic (exact) mass is 685 g/mol. The molecule has 0 bridgehead atoms. The molecule has 15 heteroatoms. The number of ether oxygens (including phenoxy) is 1. The molecule has 3 aromatic carbocycles. The second-order valence-electron chi connectivity index (χ2n) is 12.7. The highest BCUT2D eigenvalue weighted by Crippen LogP contribution is 2.39. The standard InChI is InChI=1S/C33H34F3N5O6S/c1-31(2,3)47-28(42)20-8-12-23(13-9-20)38-27-17-25(48(45,46)39(6)7)15-11-22(27)19-40-30(44)41(29(43)32(40,4)5)24-14-10-21(18-37)26(16-24)33(34,35)36/h8-17,38H,19H2,1-7H3. The second-order valence-corrected chi connectivity index (χ2v) is 14.9. The fraction of sp³-hybridized carbons (Fsp3) is 0.333. The van der Waals surface area contributed by atoms with Crippen molar-refractivity contribution in [1.82, 2.24) is 9.21 Å². The van der Waals surface area contributed by atoms with Gasteiger partial charge in [-0.25, -0.2) is 27.2 Å². The van der Waals surface area contributed by atoms with E-state index >= 15 is 0 Å². The number of nitriles is 1. The zero-order valence-electron chi connectivity index (χ0n) is 27.3. The van der Waals surface area contributed by atoms with Gasteiger partial charge in [0.05, 0.1) is 39.9 Å². The van der Waals surface area contributed by atoms with Gasteiger partial charge in [0.25, 0.3) is 5.91 Å². The van der Waals surface area contributed by atoms with Crippen molar-refractivity contribution >= 4 is 45.0 Å². The minimum Gasteiger partial charge on any atom is -0.456 e. The number of hydrogen-bond acceptors (Lipinski definition) is 8. The van der Waals surface area contributed by atoms with Crippen molar-refractivity contribution < 1.29 is 40.7 Å². The molecule has 1 heterocycles. The van der Waals surface area contributed by atoms with Crippen LogP contribution in [0.5, 0.6) is 0 Å². The molecule has 0 radical (unpaired) electrons. The number of nitrogens with one attached hydrogen (secondary N) is 1. The number of esters is 1. The van der Waals surface area contributed by atoms with Crippen LogP contribution < -0.4 is 10.2 Å². The Morgan fingerprint density at radius 2 is 1.62 bits per heavy atom. The van der Waals surface area contributed by atoms with E-state index in [1.807, 2.05) is 0 Å². The van der Waals surface area contributed by atoms with Gasteiger partial charge in [0.1, 0.15) is 11.1 Å². The maximum absolute atomic E-state index is 13.8. The van der Waals surface area contributed by atoms with Crippen molar-refractivity contribution in [3.8, 4) is 6.07 Å². The van der Waals surface area contributed by atoms with Gasteiger partial charge in [-0.15, -0.1) is 0 Å². The van der Waals surface area contributed by atoms with Crippen LogP contribution in [0.3, 0.4) is 0 Å². The van der Waals surface area contributed by atoms with E-state index in [-0.39, 0.29) is 28.4 Å². The van der Waals surface area contributed by atoms with Gasteiger partial charge in [0.15, 0.2) is 0 Å². The molecule has 1 N–H and O–H groups in total. The largest absolute Gasteiger partial charge is 0.456 e. The predicted molar refractivity (Wildman–Crippen MR) is 171 cm³/mol. The van der Waals surface area contributed by atoms with E-state index < -0.39 is 56.4 Å². The molecule has 254 valence electrons. The number of amides is 3. The zero-order chi connectivity index (χ0) is 36.0. The maximum Gasteiger partial charge on any atom is 0.417 e. The van der Waals surface area contributed by atoms with Gasteiger partial charge in [-0.1, -0.05) is 6.07 Å². The Hall–Kier alpha value is -4.94. The number of nitrogens with zero attached hydrogens (tertiary/aromatic N) is 4. The van der Waals surface area contributed by atoms with Crippen LogP contribution in [0.4, 0.5) is 35.0 Å². The summed E-state index contributed by atoms with van der Waals surface area (Å²) in [4.78, 5) is 41.5. The summed E-state index contributed by atoms with van der Waals surface area (Å²) in [6.45, 7) is 7.84. The van der Waals surface area contributed by atoms with Gasteiger partial charge in [0, 0.05) is 25.5 Å². The van der Waals surface area contributed by atoms with Gasteiger partial charge in [-0.2, -0.15) is 18.4 Å². The van der Waals surface area contributed by atoms with Crippen molar-refractivity contribution in [3.63, 3.8) is 0 Å². The van der Waals surface area contributed by atoms with Gasteiger partial charge in [0.2, 0.25) is 10.0 Å². The third-order valence-corrected chi connectivity index (χ3v) is 9.31. The highest BCUT2D eigenvalue weighted by Gasteiger charge is 2.52. The molecule has 0 aliphatic carbocycles. The van der Waals surface area contributed by atoms with Gasteiger partial charge < -0.3 is 15.0 Å². The zero-order valence-corrected chi connectivity index (χ0v) is 28.1. The number of anilines is 3. The summed E-state index contributed by atoms with van der Waals surface area (Å²) < 4.78 is 73.5. The lowest BCUT2D eigenvalue weighted by Crippen LogP contribution is -2.43. The van der Waals surface area contributed by atoms with Crippen LogP contribution in [0.15, 0.2) is 65.6 Å². The lowest BCUT2D eigenvalue weighted by Gasteiger charge is -2.29. The summed E-state index contributed by atoms with van der Waals surface area (Å²) in [5, 5.41) is 12.3. The Bertz CT molecular complexity index is 1930. The lowest BCUT2D eigenvalue weighted by molar-refractivity contribution is -0.137. The molecule has 3 aromatic rings. The number of hydrogen-bond donors (Lipinski definition) is 1. The van der Waals surface area contributed by atoms with E-state index in [4.69, 9.17) is 10.00 Å². The first-order valence-electron chi connectivity index (χ1n) is 14.5. The number of imide groups is 1. The summed E-state index contributed by atoms with van der Waals surface area (Å²) in [5.74, 6) is -1.34. The Labute approximate surface area is 276 Å². The molecule has 0 atom stereocenters. The smallest absolute Gasteiger partial charge is 0.417 e. The molecule has 1 saturated heterocycles. The first kappa shape index (κ1) is 35.9. The molecular weight excluding hydrogens is 651 g/mol. The SMILES string of the molecule is CN(C)S(=O)(=O)c1ccc(CN2C(=O)N(c3ccc(C#N)c(C(F)(F)F)c3)C(=O)C2(C)C)c(Nc2ccc(C(=O)OC(C)(C)C)cc2)c1. The van der Waals surface area contributed by atoms with Crippen LogP contribution >= 0.6 is 0 Å². The van der Waals surface area contributed by atoms with Gasteiger partial charge in [-0.05, 0) is 94.8 Å². The summed E-state index contributed by atoms with van der Waals surface area (Å²) in [5.41, 5.74) is -3.22. The molecule has 1 aliphatic heterocycles. The van der Waals surface area contributed by atoms with Crippen LogP contribution in [0.2, 0.25) is 0 Å². The normalized spacial score (nSPS) is 15.1. The molecule has 3 amide bonds. The van der Waals surface area contributed by atoms with E-state index in [0.29, 0.717) is 22.2 Å². The molecular formula is C33H34F3N5O6S. The molecule has 11 nitrogen and oxygen atoms in total. The number of benzene rings is 3. The van der Waals surface area contributed by atoms with Crippen molar-refractivity contribution in [1.29, 1.82) is 5.26 Å². The fourth-order valence-electron chi connectivity index (χ4n) is 4.87. The number of halogens is 3. The Morgan fingerprint density at radius 3 is 2.17 bits per heavy atom. The Morgan fingerprint density at radius 1 is 1.00 bits per heavy atom. The highest BCUT2D eigenvalue weighted by atomic mass is 32.2. The number of sulfonamides is 1. The third-order valence-electron chi connectivity index (χ3n) is 7.50. The molecule has 48 heavy (non-hydrogen) atoms. The van der Waals surface area contributed by atoms with Crippen LogP contribution in [-0.2, 0) is 32.3 Å². The number of alkyl halides is 3. The first-order chi connectivity index (χ1) is 22.1. The van der Waals surface area contributed by atoms with E-state index in [2.05, 4.69) is 5.32 Å². The van der Waals surface area contributed by atoms with E-state index in [9.17, 15) is 36.0 Å². The van der Waals surface area contributed by atoms with Crippen molar-refractivity contribution in [3.05, 3.63) is 82.9 Å². The van der Waals surface area contributed by atoms with Crippen molar-refractivity contribution in [2.24, 2.45) is 0 Å². The minimum absolute atomic E-state index is 0.0777. The average Bonchev–Trinajstić information content (AvgIpc) is 3.15. The molecule has 0 saturated carbocycles. The summed E-state index contributed by atoms with van der Waals surface area (Å²) in [6.07, 6.45) is -4.91. The number of rotatable bonds is 8. The fourth-order valence-corrected chi connectivity index (χ4v) is 5.79. The summed E-state index contributed by atoms with van der Waals surface area (Å²) >= 11 is 0. The van der Waals surface area contributed by atoms with Crippen LogP contribution in [0.25, 0.3) is 0 Å². The van der Waals surface area contributed by atoms with Crippen molar-refractivity contribution in [2.45, 2.75) is 63.4 Å². The Kier molecular flexibility index (Phi) is 9.41. The maximum atomic E-state index is 13.8. The number of carbonyl (C=O) groups is 3. The lowest BCUT2D eigenvalue weighted by atomic mass is 10.0. The molecule has 0 spiro atoms. The molecule has 1 fully saturated rings. The van der Waals surface area contributed by atoms with E-state index in [1.165, 1.54) is 64.3 Å². The van der Waals surface area contributed by atoms with Gasteiger partial charge in [-0.3, -0.25) is 4.79 Å². The molecule has 0 unspecified atom stereocenters. The van der Waals surface area contributed by atoms with Crippen LogP contribution in [0, 0.1) is 11.3 Å². The van der Waals surface area contributed by atoms with Crippen LogP contribution in [0.1, 0.15) is 61.7 Å². The predicted octanol–water partition coefficient (Wildman–Crippen LogP) is 6.27. The van der Waals surface area contributed by atoms with Crippen molar-refractivity contribution in [2.75, 3.05) is 24.3 Å². The summed E-state index contributed by atoms with van der Waals surface area (Å²) in [6, 6.07) is 13.5. The number of carbonyl (C=O) groups excluding carboxylic acids is 3. The molecule has 4 rings (SSSR count). The number of urea groups is 1. The quantitative estimate of drug-likeness (QED) is 0.216. The third kappa shape index (κ3) is 7.14. The average molecular weight is 686 g/mol. The van der Waals surface area contributed by atoms with E-state index in [0.717, 1.165) is 21.3 Å². The topological polar surface area (TPSA) is 140 Å². The highest BCUT2D eigenvalue weighted by molar-refractivity contribution is 7.89. The molecule has 0 aromatic heterocycles. The minimum atomic E-state index is -4.91. The molecule has 1 aliphatic rings. The first-order valence-corrected chi connectivity index (χ1v) is 16.0.